The lowest BCUT2D eigenvalue weighted by Gasteiger charge is -1.99. The minimum absolute atomic E-state index is 0.289. The number of carbonyl (C=O) groups excluding carboxylic acids is 2. The summed E-state index contributed by atoms with van der Waals surface area (Å²) in [5.41, 5.74) is 1.48. The number of hydrogen-bond donors (Lipinski definition) is 0. The second kappa shape index (κ2) is 5.35. The summed E-state index contributed by atoms with van der Waals surface area (Å²) in [6, 6.07) is 1.72. The minimum atomic E-state index is -0.503. The zero-order chi connectivity index (χ0) is 13.1. The molecule has 1 aliphatic carbocycles. The lowest BCUT2D eigenvalue weighted by Crippen LogP contribution is -2.08. The molecule has 0 radical (unpaired) electrons. The lowest BCUT2D eigenvalue weighted by molar-refractivity contribution is 0.0560. The van der Waals surface area contributed by atoms with E-state index in [2.05, 4.69) is 10.8 Å². The highest BCUT2D eigenvalue weighted by atomic mass is 32.1. The van der Waals surface area contributed by atoms with Gasteiger partial charge in [0.1, 0.15) is 4.88 Å². The maximum Gasteiger partial charge on any atom is 0.348 e. The van der Waals surface area contributed by atoms with Crippen LogP contribution in [0.2, 0.25) is 0 Å². The van der Waals surface area contributed by atoms with Gasteiger partial charge in [-0.1, -0.05) is 6.08 Å². The first-order chi connectivity index (χ1) is 8.67. The van der Waals surface area contributed by atoms with E-state index >= 15 is 0 Å². The van der Waals surface area contributed by atoms with Crippen LogP contribution in [-0.2, 0) is 9.47 Å². The van der Waals surface area contributed by atoms with Crippen LogP contribution >= 0.6 is 11.3 Å². The number of ether oxygens (including phenoxy) is 2. The van der Waals surface area contributed by atoms with E-state index in [0.29, 0.717) is 4.88 Å². The van der Waals surface area contributed by atoms with Gasteiger partial charge in [-0.05, 0) is 30.9 Å². The van der Waals surface area contributed by atoms with Gasteiger partial charge in [0, 0.05) is 4.88 Å². The molecule has 0 atom stereocenters. The van der Waals surface area contributed by atoms with Crippen LogP contribution in [-0.4, -0.2) is 26.2 Å². The largest absolute Gasteiger partial charge is 0.465 e. The Balaban J connectivity index is 2.43. The van der Waals surface area contributed by atoms with Crippen molar-refractivity contribution < 1.29 is 19.1 Å². The standard InChI is InChI=1S/C13H14O4S/c1-16-12(14)9-7-10(8-5-3-4-6-8)18-11(9)13(15)17-2/h5,7H,3-4,6H2,1-2H3. The van der Waals surface area contributed by atoms with E-state index in [0.717, 1.165) is 24.1 Å². The normalized spacial score (nSPS) is 14.2. The van der Waals surface area contributed by atoms with Crippen LogP contribution in [0.3, 0.4) is 0 Å². The van der Waals surface area contributed by atoms with Crippen LogP contribution in [0.25, 0.3) is 5.57 Å². The highest BCUT2D eigenvalue weighted by Crippen LogP contribution is 2.35. The fourth-order valence-electron chi connectivity index (χ4n) is 1.95. The van der Waals surface area contributed by atoms with Crippen LogP contribution in [0.1, 0.15) is 44.2 Å². The molecule has 0 saturated carbocycles. The molecule has 96 valence electrons. The van der Waals surface area contributed by atoms with Crippen LogP contribution in [0, 0.1) is 0 Å². The maximum atomic E-state index is 11.6. The molecule has 18 heavy (non-hydrogen) atoms. The fraction of sp³-hybridized carbons (Fsp3) is 0.385. The first-order valence-electron chi connectivity index (χ1n) is 5.67. The SMILES string of the molecule is COC(=O)c1cc(C2=CCCC2)sc1C(=O)OC. The summed E-state index contributed by atoms with van der Waals surface area (Å²) in [4.78, 5) is 24.5. The summed E-state index contributed by atoms with van der Waals surface area (Å²) < 4.78 is 9.38. The Morgan fingerprint density at radius 1 is 1.22 bits per heavy atom. The molecule has 0 spiro atoms. The molecule has 1 aliphatic rings. The number of esters is 2. The van der Waals surface area contributed by atoms with Crippen molar-refractivity contribution in [3.8, 4) is 0 Å². The van der Waals surface area contributed by atoms with E-state index < -0.39 is 11.9 Å². The molecule has 0 aromatic carbocycles. The Labute approximate surface area is 109 Å². The van der Waals surface area contributed by atoms with E-state index in [9.17, 15) is 9.59 Å². The van der Waals surface area contributed by atoms with Gasteiger partial charge >= 0.3 is 11.9 Å². The maximum absolute atomic E-state index is 11.6. The average molecular weight is 266 g/mol. The molecule has 2 rings (SSSR count). The van der Waals surface area contributed by atoms with Gasteiger partial charge in [0.2, 0.25) is 0 Å². The summed E-state index contributed by atoms with van der Waals surface area (Å²) in [7, 11) is 2.60. The van der Waals surface area contributed by atoms with Gasteiger partial charge in [-0.3, -0.25) is 0 Å². The fourth-order valence-corrected chi connectivity index (χ4v) is 3.08. The molecule has 0 aliphatic heterocycles. The van der Waals surface area contributed by atoms with Gasteiger partial charge < -0.3 is 9.47 Å². The summed E-state index contributed by atoms with van der Waals surface area (Å²) in [6.45, 7) is 0. The van der Waals surface area contributed by atoms with Crippen LogP contribution < -0.4 is 0 Å². The van der Waals surface area contributed by atoms with E-state index in [4.69, 9.17) is 4.74 Å². The molecule has 4 nitrogen and oxygen atoms in total. The van der Waals surface area contributed by atoms with Crippen molar-refractivity contribution in [2.75, 3.05) is 14.2 Å². The van der Waals surface area contributed by atoms with Crippen molar-refractivity contribution in [1.29, 1.82) is 0 Å². The van der Waals surface area contributed by atoms with Crippen LogP contribution in [0.15, 0.2) is 12.1 Å². The zero-order valence-corrected chi connectivity index (χ0v) is 11.1. The van der Waals surface area contributed by atoms with Crippen molar-refractivity contribution in [2.24, 2.45) is 0 Å². The quantitative estimate of drug-likeness (QED) is 0.789. The van der Waals surface area contributed by atoms with Crippen molar-refractivity contribution >= 4 is 28.8 Å². The van der Waals surface area contributed by atoms with Gasteiger partial charge in [-0.2, -0.15) is 0 Å². The number of allylic oxidation sites excluding steroid dienone is 2. The molecular formula is C13H14O4S. The third-order valence-corrected chi connectivity index (χ3v) is 4.06. The number of methoxy groups -OCH3 is 2. The molecule has 1 heterocycles. The van der Waals surface area contributed by atoms with Crippen molar-refractivity contribution in [2.45, 2.75) is 19.3 Å². The smallest absolute Gasteiger partial charge is 0.348 e. The van der Waals surface area contributed by atoms with Gasteiger partial charge in [-0.15, -0.1) is 11.3 Å². The van der Waals surface area contributed by atoms with Crippen molar-refractivity contribution in [1.82, 2.24) is 0 Å². The molecule has 1 aromatic heterocycles. The monoisotopic (exact) mass is 266 g/mol. The predicted octanol–water partition coefficient (Wildman–Crippen LogP) is 2.89. The molecule has 5 heteroatoms. The van der Waals surface area contributed by atoms with Crippen molar-refractivity contribution in [3.05, 3.63) is 27.5 Å². The van der Waals surface area contributed by atoms with Gasteiger partial charge in [0.05, 0.1) is 19.8 Å². The van der Waals surface area contributed by atoms with Crippen molar-refractivity contribution in [3.63, 3.8) is 0 Å². The average Bonchev–Trinajstić information content (AvgIpc) is 3.04. The molecule has 0 amide bonds. The molecule has 0 N–H and O–H groups in total. The van der Waals surface area contributed by atoms with Gasteiger partial charge in [0.15, 0.2) is 0 Å². The van der Waals surface area contributed by atoms with E-state index in [1.807, 2.05) is 0 Å². The molecule has 0 saturated heterocycles. The highest BCUT2D eigenvalue weighted by molar-refractivity contribution is 7.15. The molecule has 0 bridgehead atoms. The minimum Gasteiger partial charge on any atom is -0.465 e. The van der Waals surface area contributed by atoms with Gasteiger partial charge in [0.25, 0.3) is 0 Å². The lowest BCUT2D eigenvalue weighted by atomic mass is 10.1. The van der Waals surface area contributed by atoms with Gasteiger partial charge in [-0.25, -0.2) is 9.59 Å². The first-order valence-corrected chi connectivity index (χ1v) is 6.49. The molecule has 0 unspecified atom stereocenters. The second-order valence-corrected chi connectivity index (χ2v) is 5.01. The summed E-state index contributed by atoms with van der Waals surface area (Å²) in [6.07, 6.45) is 5.30. The Morgan fingerprint density at radius 3 is 2.50 bits per heavy atom. The topological polar surface area (TPSA) is 52.6 Å². The Morgan fingerprint density at radius 2 is 1.94 bits per heavy atom. The number of hydrogen-bond acceptors (Lipinski definition) is 5. The third-order valence-electron chi connectivity index (χ3n) is 2.87. The highest BCUT2D eigenvalue weighted by Gasteiger charge is 2.24. The second-order valence-electron chi connectivity index (χ2n) is 3.96. The van der Waals surface area contributed by atoms with E-state index in [1.54, 1.807) is 6.07 Å². The Hall–Kier alpha value is -1.62. The molecular weight excluding hydrogens is 252 g/mol. The molecule has 0 fully saturated rings. The van der Waals surface area contributed by atoms with Crippen LogP contribution in [0.4, 0.5) is 0 Å². The zero-order valence-electron chi connectivity index (χ0n) is 10.3. The third kappa shape index (κ3) is 2.31. The number of carbonyl (C=O) groups is 2. The predicted molar refractivity (Wildman–Crippen MR) is 68.8 cm³/mol. The van der Waals surface area contributed by atoms with E-state index in [-0.39, 0.29) is 5.56 Å². The summed E-state index contributed by atoms with van der Waals surface area (Å²) in [5.74, 6) is -0.998. The summed E-state index contributed by atoms with van der Waals surface area (Å²) in [5, 5.41) is 0. The first kappa shape index (κ1) is 12.8. The molecule has 1 aromatic rings. The Bertz CT molecular complexity index is 480. The number of thiophene rings is 1. The van der Waals surface area contributed by atoms with Crippen LogP contribution in [0.5, 0.6) is 0 Å². The van der Waals surface area contributed by atoms with E-state index in [1.165, 1.54) is 31.1 Å². The summed E-state index contributed by atoms with van der Waals surface area (Å²) >= 11 is 1.29. The Kier molecular flexibility index (Phi) is 3.81. The number of rotatable bonds is 3.